The number of phenols is 2. The number of aliphatic carboxylic acids is 1. The molecule has 11 nitrogen and oxygen atoms in total. The second kappa shape index (κ2) is 22.3. The summed E-state index contributed by atoms with van der Waals surface area (Å²) in [4.78, 5) is 17.1. The van der Waals surface area contributed by atoms with Gasteiger partial charge in [0.05, 0.1) is 29.5 Å². The average molecular weight is 893 g/mol. The topological polar surface area (TPSA) is 204 Å². The Hall–Kier alpha value is -4.55. The molecule has 0 saturated heterocycles. The third-order valence-corrected chi connectivity index (χ3v) is 15.6. The van der Waals surface area contributed by atoms with E-state index in [9.17, 15) is 35.4 Å². The molecule has 7 rings (SSSR count). The number of nitrogens with two attached hydrogens (primary N) is 1. The fourth-order valence-electron chi connectivity index (χ4n) is 12.4. The maximum atomic E-state index is 13.3. The highest BCUT2D eigenvalue weighted by molar-refractivity contribution is 5.71. The van der Waals surface area contributed by atoms with Gasteiger partial charge in [-0.2, -0.15) is 0 Å². The Labute approximate surface area is 386 Å². The maximum Gasteiger partial charge on any atom is 0.309 e. The van der Waals surface area contributed by atoms with E-state index in [4.69, 9.17) is 5.73 Å². The van der Waals surface area contributed by atoms with Gasteiger partial charge in [0.2, 0.25) is 0 Å². The highest BCUT2D eigenvalue weighted by Gasteiger charge is 2.55. The molecule has 0 unspecified atom stereocenters. The lowest BCUT2D eigenvalue weighted by atomic mass is 9.65. The number of carboxylic acids is 1. The molecular weight excluding hydrogens is 817 g/mol. The maximum absolute atomic E-state index is 13.3. The Morgan fingerprint density at radius 3 is 2.45 bits per heavy atom. The van der Waals surface area contributed by atoms with E-state index >= 15 is 0 Å². The zero-order valence-corrected chi connectivity index (χ0v) is 38.7. The van der Waals surface area contributed by atoms with Crippen LogP contribution in [0.2, 0.25) is 0 Å². The second-order valence-electron chi connectivity index (χ2n) is 20.1. The molecule has 2 aromatic carbocycles. The molecule has 0 radical (unpaired) electrons. The number of aromatic amines is 1. The Morgan fingerprint density at radius 2 is 1.71 bits per heavy atom. The van der Waals surface area contributed by atoms with Crippen LogP contribution in [0, 0.1) is 41.4 Å². The van der Waals surface area contributed by atoms with Crippen molar-refractivity contribution in [3.8, 4) is 22.8 Å². The molecule has 2 fully saturated rings. The summed E-state index contributed by atoms with van der Waals surface area (Å²) in [6.07, 6.45) is 19.5. The van der Waals surface area contributed by atoms with Gasteiger partial charge < -0.3 is 52.0 Å². The van der Waals surface area contributed by atoms with Crippen molar-refractivity contribution in [2.24, 2.45) is 47.2 Å². The number of allylic oxidation sites excluding steroid dienone is 3. The van der Waals surface area contributed by atoms with Crippen molar-refractivity contribution in [2.45, 2.75) is 133 Å². The number of fused-ring (bicyclic) bond motifs is 1. The molecule has 11 N–H and O–H groups in total. The number of hydrogen-bond acceptors (Lipinski definition) is 9. The standard InChI is InChI=1S/C54H76N4O7/c1-3-4-6-11-35-16-17-38(48(60)27-35)14-9-10-15-39-18-19-42(46-20-21-47(58-46)43-30-41(59)31-49(61)44(43)25-34-12-7-5-8-13-34)45-26-37(24-36-22-23-57-51(55)28-36)32-54(45,65)40(33-56-2)29-50(62)52(39)53(63)64/h5,7-8,12-13,16-17,20-22,28,30-31,35,37-40,42,45,48,50,52,56-62,65H,3-4,6,9-11,14-15,18-19,23-27,29,32-33,55H2,1-2H3,(H,63,64)/t35-,37-,38-,39+,40+,42-,45-,48-,50-,52+,54-/m0/s1. The van der Waals surface area contributed by atoms with E-state index in [-0.39, 0.29) is 53.6 Å². The Kier molecular flexibility index (Phi) is 16.6. The Morgan fingerprint density at radius 1 is 0.923 bits per heavy atom. The van der Waals surface area contributed by atoms with Crippen LogP contribution in [0.25, 0.3) is 11.3 Å². The highest BCUT2D eigenvalue weighted by atomic mass is 16.4. The minimum Gasteiger partial charge on any atom is -0.508 e. The van der Waals surface area contributed by atoms with Crippen LogP contribution in [0.5, 0.6) is 11.5 Å². The summed E-state index contributed by atoms with van der Waals surface area (Å²) in [7, 11) is 1.85. The molecule has 2 heterocycles. The van der Waals surface area contributed by atoms with Crippen molar-refractivity contribution >= 4 is 5.97 Å². The number of unbranched alkanes of at least 4 members (excludes halogenated alkanes) is 3. The third-order valence-electron chi connectivity index (χ3n) is 15.6. The Bertz CT molecular complexity index is 2120. The van der Waals surface area contributed by atoms with Crippen molar-refractivity contribution in [2.75, 3.05) is 20.1 Å². The first kappa shape index (κ1) is 48.4. The average Bonchev–Trinajstić information content (AvgIpc) is 3.89. The van der Waals surface area contributed by atoms with Crippen molar-refractivity contribution < 1.29 is 35.4 Å². The quantitative estimate of drug-likeness (QED) is 0.0435. The highest BCUT2D eigenvalue weighted by Crippen LogP contribution is 2.55. The molecular formula is C54H76N4O7. The number of rotatable bonds is 18. The van der Waals surface area contributed by atoms with Crippen LogP contribution >= 0.6 is 0 Å². The fraction of sp³-hybridized carbons (Fsp3) is 0.574. The minimum absolute atomic E-state index is 0.00486. The molecule has 354 valence electrons. The Balaban J connectivity index is 1.20. The van der Waals surface area contributed by atoms with E-state index in [1.165, 1.54) is 25.3 Å². The zero-order chi connectivity index (χ0) is 46.1. The number of aliphatic hydroxyl groups excluding tert-OH is 2. The molecule has 1 aromatic heterocycles. The molecule has 1 aliphatic heterocycles. The third kappa shape index (κ3) is 11.9. The summed E-state index contributed by atoms with van der Waals surface area (Å²) >= 11 is 0. The number of nitrogens with one attached hydrogen (secondary N) is 3. The number of phenolic OH excluding ortho intramolecular Hbond substituents is 2. The number of aromatic nitrogens is 1. The van der Waals surface area contributed by atoms with E-state index in [0.717, 1.165) is 67.5 Å². The van der Waals surface area contributed by atoms with Crippen molar-refractivity contribution in [1.29, 1.82) is 0 Å². The van der Waals surface area contributed by atoms with Gasteiger partial charge in [0.15, 0.2) is 0 Å². The molecule has 2 saturated carbocycles. The summed E-state index contributed by atoms with van der Waals surface area (Å²) in [6.45, 7) is 3.27. The van der Waals surface area contributed by atoms with Gasteiger partial charge in [0, 0.05) is 65.8 Å². The van der Waals surface area contributed by atoms with E-state index in [1.54, 1.807) is 6.07 Å². The molecule has 0 spiro atoms. The van der Waals surface area contributed by atoms with Crippen LogP contribution in [0.1, 0.15) is 126 Å². The van der Waals surface area contributed by atoms with E-state index < -0.39 is 29.5 Å². The van der Waals surface area contributed by atoms with Gasteiger partial charge in [-0.05, 0) is 130 Å². The van der Waals surface area contributed by atoms with Gasteiger partial charge in [0.25, 0.3) is 0 Å². The van der Waals surface area contributed by atoms with Crippen LogP contribution in [0.3, 0.4) is 0 Å². The van der Waals surface area contributed by atoms with Gasteiger partial charge in [-0.1, -0.05) is 87.6 Å². The summed E-state index contributed by atoms with van der Waals surface area (Å²) in [5.41, 5.74) is 10.2. The zero-order valence-electron chi connectivity index (χ0n) is 38.7. The first-order valence-electron chi connectivity index (χ1n) is 24.7. The van der Waals surface area contributed by atoms with Crippen LogP contribution in [0.4, 0.5) is 0 Å². The van der Waals surface area contributed by atoms with Crippen molar-refractivity contribution in [3.05, 3.63) is 107 Å². The van der Waals surface area contributed by atoms with Gasteiger partial charge in [-0.3, -0.25) is 4.79 Å². The largest absolute Gasteiger partial charge is 0.508 e. The molecule has 65 heavy (non-hydrogen) atoms. The molecule has 3 aromatic rings. The monoisotopic (exact) mass is 893 g/mol. The summed E-state index contributed by atoms with van der Waals surface area (Å²) in [6, 6.07) is 17.0. The lowest BCUT2D eigenvalue weighted by Gasteiger charge is -2.44. The minimum atomic E-state index is -1.23. The lowest BCUT2D eigenvalue weighted by Crippen LogP contribution is -2.51. The molecule has 4 aliphatic rings. The van der Waals surface area contributed by atoms with E-state index in [1.807, 2.05) is 49.5 Å². The van der Waals surface area contributed by atoms with Crippen LogP contribution < -0.4 is 16.4 Å². The SMILES string of the molecule is CCCCC[C@H]1C=C[C@H](CCCC[C@@H]2CC[C@H](c3ccc(-c4cc(O)cc(O)c4Cc4ccccc4)[nH]3)[C@@H]3C[C@H](CC4=CCNC(N)=C4)C[C@]3(O)[C@@H](CNC)C[C@H](O)[C@@H]2C(=O)O)[C@@H](O)C1. The summed E-state index contributed by atoms with van der Waals surface area (Å²) < 4.78 is 0. The number of dihydropyridines is 1. The summed E-state index contributed by atoms with van der Waals surface area (Å²) in [5, 5.41) is 75.8. The summed E-state index contributed by atoms with van der Waals surface area (Å²) in [5.74, 6) is -1.92. The van der Waals surface area contributed by atoms with Crippen LogP contribution in [0.15, 0.2) is 90.3 Å². The van der Waals surface area contributed by atoms with E-state index in [0.29, 0.717) is 68.1 Å². The molecule has 0 bridgehead atoms. The number of benzene rings is 2. The first-order chi connectivity index (χ1) is 31.4. The predicted octanol–water partition coefficient (Wildman–Crippen LogP) is 8.64. The molecule has 11 atom stereocenters. The normalized spacial score (nSPS) is 30.5. The van der Waals surface area contributed by atoms with Gasteiger partial charge >= 0.3 is 5.97 Å². The number of aromatic hydroxyl groups is 2. The number of carbonyl (C=O) groups is 1. The van der Waals surface area contributed by atoms with Crippen LogP contribution in [-0.2, 0) is 11.2 Å². The van der Waals surface area contributed by atoms with Gasteiger partial charge in [0.1, 0.15) is 11.5 Å². The van der Waals surface area contributed by atoms with E-state index in [2.05, 4.69) is 46.8 Å². The number of hydrogen-bond donors (Lipinski definition) is 10. The first-order valence-corrected chi connectivity index (χ1v) is 24.7. The number of aliphatic hydroxyl groups is 3. The van der Waals surface area contributed by atoms with Crippen molar-refractivity contribution in [3.63, 3.8) is 0 Å². The van der Waals surface area contributed by atoms with Crippen molar-refractivity contribution in [1.82, 2.24) is 15.6 Å². The molecule has 0 amide bonds. The second-order valence-corrected chi connectivity index (χ2v) is 20.1. The van der Waals surface area contributed by atoms with Crippen LogP contribution in [-0.4, -0.2) is 79.5 Å². The number of H-pyrrole nitrogens is 1. The molecule has 3 aliphatic carbocycles. The number of carboxylic acid groups (broad SMARTS) is 1. The molecule has 11 heteroatoms. The van der Waals surface area contributed by atoms with Gasteiger partial charge in [-0.25, -0.2) is 0 Å². The van der Waals surface area contributed by atoms with Gasteiger partial charge in [-0.15, -0.1) is 0 Å². The predicted molar refractivity (Wildman–Crippen MR) is 257 cm³/mol. The smallest absolute Gasteiger partial charge is 0.309 e. The fourth-order valence-corrected chi connectivity index (χ4v) is 12.4. The lowest BCUT2D eigenvalue weighted by molar-refractivity contribution is -0.152.